The largest absolute Gasteiger partial charge is 0.477 e. The molecule has 0 radical (unpaired) electrons. The third kappa shape index (κ3) is 2.58. The molecule has 3 heterocycles. The van der Waals surface area contributed by atoms with E-state index in [1.165, 1.54) is 18.3 Å². The van der Waals surface area contributed by atoms with Gasteiger partial charge in [-0.2, -0.15) is 0 Å². The van der Waals surface area contributed by atoms with Crippen molar-refractivity contribution < 1.29 is 17.9 Å². The number of hydrogen-bond donors (Lipinski definition) is 2. The molecule has 0 bridgehead atoms. The van der Waals surface area contributed by atoms with Crippen molar-refractivity contribution in [3.8, 4) is 5.88 Å². The topological polar surface area (TPSA) is 97.4 Å². The first-order valence-electron chi connectivity index (χ1n) is 7.59. The lowest BCUT2D eigenvalue weighted by Gasteiger charge is -2.17. The molecule has 0 spiro atoms. The first-order valence-corrected chi connectivity index (χ1v) is 9.07. The number of aromatic nitrogens is 1. The molecular formula is C16H15N3O4S. The van der Waals surface area contributed by atoms with Crippen LogP contribution >= 0.6 is 0 Å². The van der Waals surface area contributed by atoms with Crippen LogP contribution in [0.3, 0.4) is 0 Å². The smallest absolute Gasteiger partial charge is 0.261 e. The fraction of sp³-hybridized carbons (Fsp3) is 0.250. The number of ether oxygens (including phenoxy) is 1. The molecule has 124 valence electrons. The molecule has 0 fully saturated rings. The van der Waals surface area contributed by atoms with Gasteiger partial charge in [0.05, 0.1) is 23.4 Å². The highest BCUT2D eigenvalue weighted by Gasteiger charge is 2.22. The van der Waals surface area contributed by atoms with Crippen LogP contribution in [-0.4, -0.2) is 32.5 Å². The molecule has 8 heteroatoms. The van der Waals surface area contributed by atoms with Crippen LogP contribution in [0.2, 0.25) is 0 Å². The van der Waals surface area contributed by atoms with Crippen LogP contribution in [0.4, 0.5) is 5.69 Å². The lowest BCUT2D eigenvalue weighted by molar-refractivity contribution is 0.0945. The first kappa shape index (κ1) is 14.9. The summed E-state index contributed by atoms with van der Waals surface area (Å²) in [7, 11) is -3.80. The maximum atomic E-state index is 12.6. The molecule has 4 rings (SSSR count). The summed E-state index contributed by atoms with van der Waals surface area (Å²) in [5, 5.41) is 2.72. The summed E-state index contributed by atoms with van der Waals surface area (Å²) >= 11 is 0. The highest BCUT2D eigenvalue weighted by Crippen LogP contribution is 2.27. The number of sulfonamides is 1. The Hall–Kier alpha value is -2.61. The predicted octanol–water partition coefficient (Wildman–Crippen LogP) is 1.10. The van der Waals surface area contributed by atoms with Gasteiger partial charge in [0.2, 0.25) is 5.88 Å². The second kappa shape index (κ2) is 5.48. The van der Waals surface area contributed by atoms with Crippen molar-refractivity contribution in [3.05, 3.63) is 47.2 Å². The van der Waals surface area contributed by atoms with Gasteiger partial charge in [-0.05, 0) is 30.2 Å². The Labute approximate surface area is 139 Å². The van der Waals surface area contributed by atoms with Gasteiger partial charge in [-0.1, -0.05) is 6.07 Å². The maximum absolute atomic E-state index is 12.6. The number of nitrogens with zero attached hydrogens (tertiary/aromatic N) is 1. The molecule has 24 heavy (non-hydrogen) atoms. The third-order valence-corrected chi connectivity index (χ3v) is 5.48. The van der Waals surface area contributed by atoms with E-state index < -0.39 is 10.0 Å². The Morgan fingerprint density at radius 1 is 1.17 bits per heavy atom. The number of anilines is 1. The third-order valence-electron chi connectivity index (χ3n) is 4.10. The second-order valence-electron chi connectivity index (χ2n) is 5.72. The van der Waals surface area contributed by atoms with E-state index >= 15 is 0 Å². The SMILES string of the molecule is O=C1NCCc2ccc(S(=O)(=O)Nc3cnc4c(c3)CCO4)cc21. The highest BCUT2D eigenvalue weighted by molar-refractivity contribution is 7.92. The number of carbonyl (C=O) groups excluding carboxylic acids is 1. The number of nitrogens with one attached hydrogen (secondary N) is 2. The number of amides is 1. The minimum Gasteiger partial charge on any atom is -0.477 e. The second-order valence-corrected chi connectivity index (χ2v) is 7.40. The Morgan fingerprint density at radius 3 is 2.92 bits per heavy atom. The zero-order valence-electron chi connectivity index (χ0n) is 12.7. The molecule has 2 aliphatic rings. The summed E-state index contributed by atoms with van der Waals surface area (Å²) in [5.74, 6) is 0.299. The molecule has 2 aromatic rings. The fourth-order valence-corrected chi connectivity index (χ4v) is 3.95. The molecule has 1 amide bonds. The van der Waals surface area contributed by atoms with Crippen LogP contribution in [0.5, 0.6) is 5.88 Å². The summed E-state index contributed by atoms with van der Waals surface area (Å²) < 4.78 is 33.0. The number of carbonyl (C=O) groups is 1. The Kier molecular flexibility index (Phi) is 3.42. The van der Waals surface area contributed by atoms with Gasteiger partial charge in [-0.15, -0.1) is 0 Å². The fourth-order valence-electron chi connectivity index (χ4n) is 2.89. The molecular weight excluding hydrogens is 330 g/mol. The molecule has 7 nitrogen and oxygen atoms in total. The summed E-state index contributed by atoms with van der Waals surface area (Å²) in [6.45, 7) is 1.12. The van der Waals surface area contributed by atoms with E-state index in [1.807, 2.05) is 0 Å². The maximum Gasteiger partial charge on any atom is 0.261 e. The van der Waals surface area contributed by atoms with Gasteiger partial charge >= 0.3 is 0 Å². The van der Waals surface area contributed by atoms with Crippen molar-refractivity contribution >= 4 is 21.6 Å². The average molecular weight is 345 g/mol. The zero-order chi connectivity index (χ0) is 16.7. The van der Waals surface area contributed by atoms with Crippen LogP contribution in [-0.2, 0) is 22.9 Å². The van der Waals surface area contributed by atoms with Crippen molar-refractivity contribution in [2.24, 2.45) is 0 Å². The van der Waals surface area contributed by atoms with E-state index in [0.29, 0.717) is 43.1 Å². The summed E-state index contributed by atoms with van der Waals surface area (Å²) in [4.78, 5) is 16.1. The van der Waals surface area contributed by atoms with Crippen molar-refractivity contribution in [1.29, 1.82) is 0 Å². The molecule has 0 unspecified atom stereocenters. The van der Waals surface area contributed by atoms with Crippen LogP contribution in [0.1, 0.15) is 21.5 Å². The molecule has 2 aliphatic heterocycles. The number of rotatable bonds is 3. The Morgan fingerprint density at radius 2 is 2.04 bits per heavy atom. The standard InChI is InChI=1S/C16H15N3O4S/c20-15-14-8-13(2-1-10(14)3-5-17-15)24(21,22)19-12-7-11-4-6-23-16(11)18-9-12/h1-2,7-9,19H,3-6H2,(H,17,20). The lowest BCUT2D eigenvalue weighted by Crippen LogP contribution is -2.32. The van der Waals surface area contributed by atoms with Crippen LogP contribution in [0, 0.1) is 0 Å². The minimum absolute atomic E-state index is 0.0510. The first-order chi connectivity index (χ1) is 11.5. The number of benzene rings is 1. The summed E-state index contributed by atoms with van der Waals surface area (Å²) in [6, 6.07) is 6.34. The van der Waals surface area contributed by atoms with E-state index in [2.05, 4.69) is 15.0 Å². The minimum atomic E-state index is -3.80. The zero-order valence-corrected chi connectivity index (χ0v) is 13.5. The summed E-state index contributed by atoms with van der Waals surface area (Å²) in [5.41, 5.74) is 2.51. The van der Waals surface area contributed by atoms with E-state index in [4.69, 9.17) is 4.74 Å². The molecule has 2 N–H and O–H groups in total. The number of pyridine rings is 1. The van der Waals surface area contributed by atoms with Crippen molar-refractivity contribution in [2.45, 2.75) is 17.7 Å². The normalized spacial score (nSPS) is 15.9. The van der Waals surface area contributed by atoms with Gasteiger partial charge in [0.15, 0.2) is 0 Å². The predicted molar refractivity (Wildman–Crippen MR) is 86.7 cm³/mol. The van der Waals surface area contributed by atoms with Gasteiger partial charge in [-0.3, -0.25) is 9.52 Å². The van der Waals surface area contributed by atoms with Gasteiger partial charge in [-0.25, -0.2) is 13.4 Å². The van der Waals surface area contributed by atoms with E-state index in [-0.39, 0.29) is 10.8 Å². The number of fused-ring (bicyclic) bond motifs is 2. The van der Waals surface area contributed by atoms with Gasteiger partial charge in [0.1, 0.15) is 0 Å². The Bertz CT molecular complexity index is 940. The molecule has 0 aliphatic carbocycles. The Balaban J connectivity index is 1.65. The molecule has 0 saturated carbocycles. The van der Waals surface area contributed by atoms with E-state index in [0.717, 1.165) is 11.1 Å². The van der Waals surface area contributed by atoms with Gasteiger partial charge < -0.3 is 10.1 Å². The quantitative estimate of drug-likeness (QED) is 0.868. The van der Waals surface area contributed by atoms with Crippen LogP contribution in [0.25, 0.3) is 0 Å². The highest BCUT2D eigenvalue weighted by atomic mass is 32.2. The van der Waals surface area contributed by atoms with E-state index in [1.54, 1.807) is 12.1 Å². The van der Waals surface area contributed by atoms with Crippen molar-refractivity contribution in [3.63, 3.8) is 0 Å². The number of hydrogen-bond acceptors (Lipinski definition) is 5. The van der Waals surface area contributed by atoms with Crippen molar-refractivity contribution in [1.82, 2.24) is 10.3 Å². The molecule has 1 aromatic carbocycles. The van der Waals surface area contributed by atoms with E-state index in [9.17, 15) is 13.2 Å². The molecule has 0 saturated heterocycles. The summed E-state index contributed by atoms with van der Waals surface area (Å²) in [6.07, 6.45) is 2.83. The average Bonchev–Trinajstić information content (AvgIpc) is 3.02. The molecule has 0 atom stereocenters. The van der Waals surface area contributed by atoms with Crippen LogP contribution in [0.15, 0.2) is 35.4 Å². The molecule has 1 aromatic heterocycles. The van der Waals surface area contributed by atoms with Crippen LogP contribution < -0.4 is 14.8 Å². The van der Waals surface area contributed by atoms with Gasteiger partial charge in [0.25, 0.3) is 15.9 Å². The lowest BCUT2D eigenvalue weighted by atomic mass is 10.0. The monoisotopic (exact) mass is 345 g/mol. The van der Waals surface area contributed by atoms with Crippen molar-refractivity contribution in [2.75, 3.05) is 17.9 Å². The van der Waals surface area contributed by atoms with Gasteiger partial charge in [0, 0.05) is 24.1 Å².